The van der Waals surface area contributed by atoms with Crippen molar-refractivity contribution in [2.45, 2.75) is 13.0 Å². The normalized spacial score (nSPS) is 10.7. The molecule has 0 bridgehead atoms. The molecule has 4 rings (SSSR count). The van der Waals surface area contributed by atoms with Gasteiger partial charge in [0.05, 0.1) is 40.3 Å². The van der Waals surface area contributed by atoms with Crippen LogP contribution in [0.5, 0.6) is 5.75 Å². The van der Waals surface area contributed by atoms with Gasteiger partial charge in [-0.1, -0.05) is 11.6 Å². The number of thiazole rings is 1. The predicted molar refractivity (Wildman–Crippen MR) is 127 cm³/mol. The molecule has 2 N–H and O–H groups in total. The molecule has 3 aromatic heterocycles. The van der Waals surface area contributed by atoms with Gasteiger partial charge in [0.1, 0.15) is 17.3 Å². The Morgan fingerprint density at radius 2 is 1.88 bits per heavy atom. The van der Waals surface area contributed by atoms with Crippen LogP contribution >= 0.6 is 34.3 Å². The molecule has 2 amide bonds. The first-order valence-electron chi connectivity index (χ1n) is 9.45. The van der Waals surface area contributed by atoms with Crippen LogP contribution < -0.4 is 15.4 Å². The summed E-state index contributed by atoms with van der Waals surface area (Å²) < 4.78 is 7.25. The Bertz CT molecular complexity index is 1230. The van der Waals surface area contributed by atoms with E-state index in [1.807, 2.05) is 17.5 Å². The highest BCUT2D eigenvalue weighted by atomic mass is 35.5. The van der Waals surface area contributed by atoms with E-state index in [9.17, 15) is 9.59 Å². The molecule has 4 aromatic rings. The SMILES string of the molecule is COc1ccc(NC(=O)Cn2cc(NC(=O)Cc3csc(-c4ccc(Cl)s4)n3)cn2)cc1. The number of thiophene rings is 1. The lowest BCUT2D eigenvalue weighted by Gasteiger charge is -2.06. The van der Waals surface area contributed by atoms with Crippen LogP contribution in [0, 0.1) is 0 Å². The first-order valence-corrected chi connectivity index (χ1v) is 11.5. The van der Waals surface area contributed by atoms with Crippen molar-refractivity contribution in [2.24, 2.45) is 0 Å². The van der Waals surface area contributed by atoms with E-state index in [1.54, 1.807) is 37.6 Å². The molecule has 0 atom stereocenters. The molecule has 0 saturated carbocycles. The Hall–Kier alpha value is -3.21. The van der Waals surface area contributed by atoms with Crippen molar-refractivity contribution < 1.29 is 14.3 Å². The van der Waals surface area contributed by atoms with Crippen molar-refractivity contribution in [1.82, 2.24) is 14.8 Å². The fourth-order valence-corrected chi connectivity index (χ4v) is 4.77. The summed E-state index contributed by atoms with van der Waals surface area (Å²) in [4.78, 5) is 30.1. The molecule has 0 radical (unpaired) electrons. The third kappa shape index (κ3) is 5.72. The van der Waals surface area contributed by atoms with E-state index in [4.69, 9.17) is 16.3 Å². The molecule has 0 aliphatic heterocycles. The molecule has 32 heavy (non-hydrogen) atoms. The van der Waals surface area contributed by atoms with E-state index in [1.165, 1.54) is 33.6 Å². The number of anilines is 2. The van der Waals surface area contributed by atoms with Crippen molar-refractivity contribution >= 4 is 57.5 Å². The Balaban J connectivity index is 1.28. The summed E-state index contributed by atoms with van der Waals surface area (Å²) in [6.45, 7) is 0.0146. The number of amides is 2. The lowest BCUT2D eigenvalue weighted by molar-refractivity contribution is -0.117. The first kappa shape index (κ1) is 22.0. The second-order valence-electron chi connectivity index (χ2n) is 6.68. The van der Waals surface area contributed by atoms with Crippen LogP contribution in [0.4, 0.5) is 11.4 Å². The fourth-order valence-electron chi connectivity index (χ4n) is 2.84. The van der Waals surface area contributed by atoms with Crippen LogP contribution in [0.1, 0.15) is 5.69 Å². The minimum absolute atomic E-state index is 0.0146. The number of benzene rings is 1. The van der Waals surface area contributed by atoms with Gasteiger partial charge in [-0.25, -0.2) is 4.98 Å². The lowest BCUT2D eigenvalue weighted by Crippen LogP contribution is -2.19. The summed E-state index contributed by atoms with van der Waals surface area (Å²) in [6, 6.07) is 10.8. The number of nitrogens with zero attached hydrogens (tertiary/aromatic N) is 3. The quantitative estimate of drug-likeness (QED) is 0.380. The molecule has 11 heteroatoms. The maximum Gasteiger partial charge on any atom is 0.246 e. The second kappa shape index (κ2) is 9.94. The van der Waals surface area contributed by atoms with Gasteiger partial charge in [-0.05, 0) is 36.4 Å². The maximum atomic E-state index is 12.4. The van der Waals surface area contributed by atoms with Crippen molar-refractivity contribution in [3.05, 3.63) is 64.2 Å². The van der Waals surface area contributed by atoms with Crippen LogP contribution in [0.2, 0.25) is 4.34 Å². The smallest absolute Gasteiger partial charge is 0.246 e. The molecule has 164 valence electrons. The molecule has 0 unspecified atom stereocenters. The third-order valence-electron chi connectivity index (χ3n) is 4.27. The van der Waals surface area contributed by atoms with E-state index in [2.05, 4.69) is 20.7 Å². The second-order valence-corrected chi connectivity index (χ2v) is 9.25. The molecular weight excluding hydrogens is 470 g/mol. The molecule has 8 nitrogen and oxygen atoms in total. The van der Waals surface area contributed by atoms with Crippen LogP contribution in [0.25, 0.3) is 9.88 Å². The molecule has 0 aliphatic rings. The maximum absolute atomic E-state index is 12.4. The minimum atomic E-state index is -0.236. The van der Waals surface area contributed by atoms with E-state index in [0.717, 1.165) is 9.88 Å². The van der Waals surface area contributed by atoms with Crippen molar-refractivity contribution in [3.63, 3.8) is 0 Å². The fraction of sp³-hybridized carbons (Fsp3) is 0.143. The highest BCUT2D eigenvalue weighted by Gasteiger charge is 2.12. The monoisotopic (exact) mass is 487 g/mol. The number of aromatic nitrogens is 3. The standard InChI is InChI=1S/C21H18ClN5O3S2/c1-30-16-4-2-13(3-5-16)24-20(29)11-27-10-15(9-23-27)25-19(28)8-14-12-31-21(26-14)17-6-7-18(22)32-17/h2-7,9-10,12H,8,11H2,1H3,(H,24,29)(H,25,28). The van der Waals surface area contributed by atoms with Gasteiger partial charge in [0, 0.05) is 17.3 Å². The number of methoxy groups -OCH3 is 1. The number of carbonyl (C=O) groups excluding carboxylic acids is 2. The number of ether oxygens (including phenoxy) is 1. The Morgan fingerprint density at radius 1 is 1.09 bits per heavy atom. The molecule has 3 heterocycles. The summed E-state index contributed by atoms with van der Waals surface area (Å²) in [6.07, 6.45) is 3.24. The van der Waals surface area contributed by atoms with Gasteiger partial charge in [-0.2, -0.15) is 5.10 Å². The van der Waals surface area contributed by atoms with Crippen LogP contribution in [0.15, 0.2) is 54.2 Å². The summed E-state index contributed by atoms with van der Waals surface area (Å²) in [7, 11) is 1.58. The highest BCUT2D eigenvalue weighted by molar-refractivity contribution is 7.23. The molecule has 0 saturated heterocycles. The number of hydrogen-bond acceptors (Lipinski definition) is 7. The molecule has 1 aromatic carbocycles. The summed E-state index contributed by atoms with van der Waals surface area (Å²) in [5, 5.41) is 12.4. The van der Waals surface area contributed by atoms with Gasteiger partial charge in [-0.15, -0.1) is 22.7 Å². The largest absolute Gasteiger partial charge is 0.497 e. The van der Waals surface area contributed by atoms with Gasteiger partial charge in [0.15, 0.2) is 0 Å². The number of hydrogen-bond donors (Lipinski definition) is 2. The van der Waals surface area contributed by atoms with E-state index < -0.39 is 0 Å². The summed E-state index contributed by atoms with van der Waals surface area (Å²) in [5.41, 5.74) is 1.84. The summed E-state index contributed by atoms with van der Waals surface area (Å²) >= 11 is 8.89. The van der Waals surface area contributed by atoms with Crippen LogP contribution in [-0.2, 0) is 22.6 Å². The zero-order valence-electron chi connectivity index (χ0n) is 16.9. The third-order valence-corrected chi connectivity index (χ3v) is 6.57. The van der Waals surface area contributed by atoms with Gasteiger partial charge in [0.2, 0.25) is 11.8 Å². The zero-order chi connectivity index (χ0) is 22.5. The number of rotatable bonds is 8. The number of nitrogens with one attached hydrogen (secondary N) is 2. The Morgan fingerprint density at radius 3 is 2.59 bits per heavy atom. The summed E-state index contributed by atoms with van der Waals surface area (Å²) in [5.74, 6) is 0.258. The van der Waals surface area contributed by atoms with E-state index >= 15 is 0 Å². The number of halogens is 1. The molecule has 0 fully saturated rings. The molecular formula is C21H18ClN5O3S2. The Labute approximate surface area is 196 Å². The first-order chi connectivity index (χ1) is 15.5. The average molecular weight is 488 g/mol. The van der Waals surface area contributed by atoms with Crippen molar-refractivity contribution in [2.75, 3.05) is 17.7 Å². The lowest BCUT2D eigenvalue weighted by atomic mass is 10.3. The van der Waals surface area contributed by atoms with Gasteiger partial charge in [0.25, 0.3) is 0 Å². The van der Waals surface area contributed by atoms with Crippen LogP contribution in [-0.4, -0.2) is 33.7 Å². The molecule has 0 spiro atoms. The van der Waals surface area contributed by atoms with E-state index in [0.29, 0.717) is 27.2 Å². The number of carbonyl (C=O) groups is 2. The van der Waals surface area contributed by atoms with Gasteiger partial charge in [-0.3, -0.25) is 14.3 Å². The molecule has 0 aliphatic carbocycles. The van der Waals surface area contributed by atoms with Crippen LogP contribution in [0.3, 0.4) is 0 Å². The van der Waals surface area contributed by atoms with Crippen molar-refractivity contribution in [1.29, 1.82) is 0 Å². The van der Waals surface area contributed by atoms with Gasteiger partial charge < -0.3 is 15.4 Å². The predicted octanol–water partition coefficient (Wildman–Crippen LogP) is 4.55. The minimum Gasteiger partial charge on any atom is -0.497 e. The van der Waals surface area contributed by atoms with Gasteiger partial charge >= 0.3 is 0 Å². The van der Waals surface area contributed by atoms with E-state index in [-0.39, 0.29) is 24.8 Å². The topological polar surface area (TPSA) is 98.1 Å². The Kier molecular flexibility index (Phi) is 6.84. The highest BCUT2D eigenvalue weighted by Crippen LogP contribution is 2.33. The average Bonchev–Trinajstić information content (AvgIpc) is 3.50. The zero-order valence-corrected chi connectivity index (χ0v) is 19.3. The van der Waals surface area contributed by atoms with Crippen molar-refractivity contribution in [3.8, 4) is 15.6 Å².